The summed E-state index contributed by atoms with van der Waals surface area (Å²) in [6.07, 6.45) is -36.3. The van der Waals surface area contributed by atoms with Gasteiger partial charge in [-0.05, 0) is 0 Å². The number of rotatable bonds is 13. The minimum atomic E-state index is -5.34. The van der Waals surface area contributed by atoms with Crippen LogP contribution in [0, 0.1) is 0 Å². The first-order valence-corrected chi connectivity index (χ1v) is 17.1. The number of aliphatic hydroxyl groups excluding tert-OH is 12. The third-order valence-corrected chi connectivity index (χ3v) is 9.28. The predicted octanol–water partition coefficient (Wildman–Crippen LogP) is -9.78. The second-order valence-corrected chi connectivity index (χ2v) is 13.4. The van der Waals surface area contributed by atoms with Crippen LogP contribution in [0.4, 0.5) is 0 Å². The maximum Gasteiger partial charge on any atom is 0.397 e. The zero-order chi connectivity index (χ0) is 38.8. The molecule has 0 unspecified atom stereocenters. The fraction of sp³-hybridized carbons (Fsp3) is 0.962. The number of carbonyl (C=O) groups excluding carboxylic acids is 1. The van der Waals surface area contributed by atoms with Crippen molar-refractivity contribution in [3.63, 3.8) is 0 Å². The fourth-order valence-corrected chi connectivity index (χ4v) is 6.69. The lowest BCUT2D eigenvalue weighted by atomic mass is 9.95. The molecule has 0 aromatic carbocycles. The van der Waals surface area contributed by atoms with Crippen molar-refractivity contribution in [3.8, 4) is 0 Å². The Bertz CT molecular complexity index is 1260. The molecule has 4 rings (SSSR count). The zero-order valence-electron chi connectivity index (χ0n) is 27.1. The average Bonchev–Trinajstić information content (AvgIpc) is 3.08. The minimum absolute atomic E-state index is 0.872. The van der Waals surface area contributed by atoms with Crippen LogP contribution in [-0.2, 0) is 52.5 Å². The number of carbonyl (C=O) groups is 1. The van der Waals surface area contributed by atoms with Gasteiger partial charge in [-0.3, -0.25) is 9.35 Å². The van der Waals surface area contributed by atoms with Gasteiger partial charge >= 0.3 is 10.4 Å². The molecule has 26 heteroatoms. The molecule has 0 aromatic heterocycles. The highest BCUT2D eigenvalue weighted by molar-refractivity contribution is 7.80. The van der Waals surface area contributed by atoms with Gasteiger partial charge in [-0.2, -0.15) is 8.42 Å². The van der Waals surface area contributed by atoms with E-state index in [9.17, 15) is 79.0 Å². The van der Waals surface area contributed by atoms with Gasteiger partial charge in [0.2, 0.25) is 5.91 Å². The highest BCUT2D eigenvalue weighted by atomic mass is 32.3. The van der Waals surface area contributed by atoms with Crippen LogP contribution in [0.5, 0.6) is 0 Å². The zero-order valence-corrected chi connectivity index (χ0v) is 27.9. The van der Waals surface area contributed by atoms with Crippen molar-refractivity contribution in [2.24, 2.45) is 0 Å². The van der Waals surface area contributed by atoms with Gasteiger partial charge in [0.05, 0.1) is 26.4 Å². The van der Waals surface area contributed by atoms with E-state index in [2.05, 4.69) is 9.50 Å². The van der Waals surface area contributed by atoms with E-state index >= 15 is 0 Å². The standard InChI is InChI=1S/C26H45NO24S/c1-6(32)27-11-20(51-52(41,42)43)12(33)7(2-28)45-24(11)49-21-13(34)8(3-29)47-26(17(21)38)50-22-14(35)9(4-30)46-25(18(22)39)48-19-10(5-31)44-23(40)16(37)15(19)36/h7-26,28-31,33-40H,2-5H2,1H3,(H,27,32)(H,41,42,43)/t7-,8-,9-,10-,11-,12+,13+,14+,15-,16-,17-,18-,19-,20-,21+,22+,23-,24+,25+,26-/m1/s1. The van der Waals surface area contributed by atoms with Crippen LogP contribution >= 0.6 is 0 Å². The lowest BCUT2D eigenvalue weighted by Gasteiger charge is -2.49. The summed E-state index contributed by atoms with van der Waals surface area (Å²) < 4.78 is 75.3. The minimum Gasteiger partial charge on any atom is -0.394 e. The molecule has 4 fully saturated rings. The number of hydrogen-bond donors (Lipinski definition) is 14. The average molecular weight is 788 g/mol. The quantitative estimate of drug-likeness (QED) is 0.0770. The van der Waals surface area contributed by atoms with Crippen molar-refractivity contribution < 1.29 is 116 Å². The third-order valence-electron chi connectivity index (χ3n) is 8.81. The molecule has 0 radical (unpaired) electrons. The van der Waals surface area contributed by atoms with Crippen LogP contribution in [0.25, 0.3) is 0 Å². The summed E-state index contributed by atoms with van der Waals surface area (Å²) >= 11 is 0. The Labute approximate surface area is 294 Å². The third kappa shape index (κ3) is 9.50. The normalized spacial score (nSPS) is 47.6. The van der Waals surface area contributed by atoms with E-state index in [0.29, 0.717) is 0 Å². The maximum atomic E-state index is 12.0. The van der Waals surface area contributed by atoms with Crippen LogP contribution in [0.15, 0.2) is 0 Å². The summed E-state index contributed by atoms with van der Waals surface area (Å²) in [6, 6.07) is -1.84. The first kappa shape index (κ1) is 43.3. The molecule has 4 saturated heterocycles. The van der Waals surface area contributed by atoms with E-state index in [1.807, 2.05) is 0 Å². The molecule has 4 heterocycles. The molecule has 0 aromatic rings. The Morgan fingerprint density at radius 3 is 1.38 bits per heavy atom. The number of nitrogens with one attached hydrogen (secondary N) is 1. The van der Waals surface area contributed by atoms with Crippen molar-refractivity contribution in [1.82, 2.24) is 5.32 Å². The molecule has 25 nitrogen and oxygen atoms in total. The van der Waals surface area contributed by atoms with Crippen molar-refractivity contribution in [2.75, 3.05) is 26.4 Å². The molecule has 0 spiro atoms. The summed E-state index contributed by atoms with van der Waals surface area (Å²) in [7, 11) is -5.34. The maximum absolute atomic E-state index is 12.0. The van der Waals surface area contributed by atoms with Crippen molar-refractivity contribution in [1.29, 1.82) is 0 Å². The summed E-state index contributed by atoms with van der Waals surface area (Å²) in [5, 5.41) is 127. The Balaban J connectivity index is 1.60. The van der Waals surface area contributed by atoms with E-state index in [1.54, 1.807) is 0 Å². The molecule has 0 saturated carbocycles. The van der Waals surface area contributed by atoms with E-state index in [4.69, 9.17) is 33.2 Å². The van der Waals surface area contributed by atoms with Crippen molar-refractivity contribution in [3.05, 3.63) is 0 Å². The topological polar surface area (TPSA) is 400 Å². The van der Waals surface area contributed by atoms with Crippen LogP contribution in [0.3, 0.4) is 0 Å². The molecule has 14 N–H and O–H groups in total. The molecular formula is C26H45NO24S. The van der Waals surface area contributed by atoms with E-state index < -0.39 is 165 Å². The first-order valence-electron chi connectivity index (χ1n) is 15.8. The van der Waals surface area contributed by atoms with Gasteiger partial charge in [-0.15, -0.1) is 0 Å². The lowest BCUT2D eigenvalue weighted by Crippen LogP contribution is -2.69. The molecule has 0 aliphatic carbocycles. The SMILES string of the molecule is CC(=O)N[C@H]1[C@H](O[C@H]2[C@@H](O)[C@@H](CO)O[C@H](O[C@H]3[C@@H](O)[C@@H](CO)O[C@@H](O[C@H]4[C@H](O)[C@@H](O)[C@H](O)O[C@@H]4CO)[C@@H]3O)[C@@H]2O)O[C@H](CO)[C@H](O)[C@@H]1OS(=O)(=O)O. The van der Waals surface area contributed by atoms with Gasteiger partial charge in [0.1, 0.15) is 97.6 Å². The predicted molar refractivity (Wildman–Crippen MR) is 156 cm³/mol. The first-order chi connectivity index (χ1) is 24.4. The molecule has 4 aliphatic heterocycles. The van der Waals surface area contributed by atoms with E-state index in [0.717, 1.165) is 6.92 Å². The van der Waals surface area contributed by atoms with Crippen molar-refractivity contribution in [2.45, 2.75) is 130 Å². The Kier molecular flexibility index (Phi) is 15.0. The highest BCUT2D eigenvalue weighted by Crippen LogP contribution is 2.35. The molecule has 4 aliphatic rings. The lowest BCUT2D eigenvalue weighted by molar-refractivity contribution is -0.386. The fourth-order valence-electron chi connectivity index (χ4n) is 6.18. The van der Waals surface area contributed by atoms with E-state index in [-0.39, 0.29) is 0 Å². The number of hydrogen-bond acceptors (Lipinski definition) is 23. The Morgan fingerprint density at radius 1 is 0.558 bits per heavy atom. The van der Waals surface area contributed by atoms with Gasteiger partial charge in [0.15, 0.2) is 25.2 Å². The summed E-state index contributed by atoms with van der Waals surface area (Å²) in [6.45, 7) is -2.88. The Hall–Kier alpha value is -1.42. The van der Waals surface area contributed by atoms with Gasteiger partial charge in [-0.1, -0.05) is 0 Å². The Morgan fingerprint density at radius 2 is 0.962 bits per heavy atom. The smallest absolute Gasteiger partial charge is 0.394 e. The van der Waals surface area contributed by atoms with E-state index in [1.165, 1.54) is 0 Å². The second kappa shape index (κ2) is 18.0. The molecule has 0 bridgehead atoms. The van der Waals surface area contributed by atoms with Crippen molar-refractivity contribution >= 4 is 16.3 Å². The second-order valence-electron chi connectivity index (χ2n) is 12.4. The summed E-state index contributed by atoms with van der Waals surface area (Å²) in [5.74, 6) is -0.885. The molecular weight excluding hydrogens is 742 g/mol. The van der Waals surface area contributed by atoms with Gasteiger partial charge in [0, 0.05) is 6.92 Å². The molecule has 304 valence electrons. The molecule has 52 heavy (non-hydrogen) atoms. The largest absolute Gasteiger partial charge is 0.397 e. The number of aliphatic hydroxyl groups is 12. The summed E-state index contributed by atoms with van der Waals surface area (Å²) in [4.78, 5) is 12.0. The molecule has 20 atom stereocenters. The van der Waals surface area contributed by atoms with Gasteiger partial charge in [-0.25, -0.2) is 4.18 Å². The van der Waals surface area contributed by atoms with Gasteiger partial charge in [0.25, 0.3) is 0 Å². The van der Waals surface area contributed by atoms with Crippen LogP contribution in [0.2, 0.25) is 0 Å². The number of ether oxygens (including phenoxy) is 7. The highest BCUT2D eigenvalue weighted by Gasteiger charge is 2.56. The van der Waals surface area contributed by atoms with Gasteiger partial charge < -0.3 is 99.8 Å². The van der Waals surface area contributed by atoms with Crippen LogP contribution < -0.4 is 5.32 Å². The van der Waals surface area contributed by atoms with Crippen LogP contribution in [-0.4, -0.2) is 229 Å². The monoisotopic (exact) mass is 787 g/mol. The number of amides is 1. The molecule has 1 amide bonds. The summed E-state index contributed by atoms with van der Waals surface area (Å²) in [5.41, 5.74) is 0. The van der Waals surface area contributed by atoms with Crippen LogP contribution in [0.1, 0.15) is 6.92 Å².